The number of para-hydroxylation sites is 1. The lowest BCUT2D eigenvalue weighted by Crippen LogP contribution is -2.51. The van der Waals surface area contributed by atoms with E-state index in [0.29, 0.717) is 29.5 Å². The number of hydrogen-bond acceptors (Lipinski definition) is 8. The van der Waals surface area contributed by atoms with E-state index in [1.807, 2.05) is 47.4 Å². The van der Waals surface area contributed by atoms with Gasteiger partial charge in [-0.1, -0.05) is 35.9 Å². The van der Waals surface area contributed by atoms with Crippen LogP contribution in [0, 0.1) is 0 Å². The molecule has 2 aliphatic heterocycles. The van der Waals surface area contributed by atoms with Crippen molar-refractivity contribution in [1.29, 1.82) is 0 Å². The van der Waals surface area contributed by atoms with Gasteiger partial charge in [-0.2, -0.15) is 5.10 Å². The van der Waals surface area contributed by atoms with Gasteiger partial charge in [0, 0.05) is 63.5 Å². The number of hydrogen-bond donors (Lipinski definition) is 0. The van der Waals surface area contributed by atoms with E-state index in [0.717, 1.165) is 73.5 Å². The first-order chi connectivity index (χ1) is 20.8. The fraction of sp³-hybridized carbons (Fsp3) is 0.355. The van der Waals surface area contributed by atoms with Gasteiger partial charge in [-0.25, -0.2) is 13.1 Å². The molecular weight excluding hydrogens is 606 g/mol. The number of aromatic nitrogens is 2. The van der Waals surface area contributed by atoms with E-state index in [1.54, 1.807) is 28.9 Å². The average molecular weight is 640 g/mol. The maximum absolute atomic E-state index is 13.7. The van der Waals surface area contributed by atoms with Crippen molar-refractivity contribution in [3.63, 3.8) is 0 Å². The molecule has 4 aromatic rings. The molecule has 0 unspecified atom stereocenters. The highest BCUT2D eigenvalue weighted by Crippen LogP contribution is 2.37. The van der Waals surface area contributed by atoms with Gasteiger partial charge >= 0.3 is 0 Å². The summed E-state index contributed by atoms with van der Waals surface area (Å²) in [5.74, 6) is -0.0995. The van der Waals surface area contributed by atoms with Crippen LogP contribution in [-0.4, -0.2) is 111 Å². The Bertz CT molecular complexity index is 1710. The summed E-state index contributed by atoms with van der Waals surface area (Å²) in [5, 5.41) is 5.30. The summed E-state index contributed by atoms with van der Waals surface area (Å²) in [6.45, 7) is 8.52. The molecule has 0 radical (unpaired) electrons. The molecule has 2 aromatic carbocycles. The Kier molecular flexibility index (Phi) is 8.99. The molecule has 0 aliphatic carbocycles. The molecule has 43 heavy (non-hydrogen) atoms. The smallest absolute Gasteiger partial charge is 0.274 e. The molecule has 6 rings (SSSR count). The van der Waals surface area contributed by atoms with E-state index in [-0.39, 0.29) is 10.8 Å². The zero-order valence-corrected chi connectivity index (χ0v) is 26.4. The summed E-state index contributed by atoms with van der Waals surface area (Å²) in [4.78, 5) is 22.5. The van der Waals surface area contributed by atoms with Crippen LogP contribution in [0.4, 0.5) is 0 Å². The van der Waals surface area contributed by atoms with Gasteiger partial charge in [0.25, 0.3) is 5.91 Å². The first kappa shape index (κ1) is 30.0. The molecule has 2 fully saturated rings. The van der Waals surface area contributed by atoms with Crippen LogP contribution in [-0.2, 0) is 14.6 Å². The SMILES string of the molecule is CS(=O)(=O)c1cccc(-c2ccc(-c3cc(C(=O)N4CCN(CCN5CCOCC5)CC4)nn3-c3ccccc3Cl)s2)c1. The van der Waals surface area contributed by atoms with Crippen LogP contribution < -0.4 is 0 Å². The van der Waals surface area contributed by atoms with Gasteiger partial charge in [0.1, 0.15) is 0 Å². The third-order valence-electron chi connectivity index (χ3n) is 7.91. The van der Waals surface area contributed by atoms with Crippen LogP contribution in [0.3, 0.4) is 0 Å². The maximum atomic E-state index is 13.7. The van der Waals surface area contributed by atoms with E-state index in [2.05, 4.69) is 9.80 Å². The molecule has 0 bridgehead atoms. The van der Waals surface area contributed by atoms with Crippen molar-refractivity contribution >= 4 is 38.7 Å². The maximum Gasteiger partial charge on any atom is 0.274 e. The highest BCUT2D eigenvalue weighted by atomic mass is 35.5. The fourth-order valence-corrected chi connectivity index (χ4v) is 7.31. The van der Waals surface area contributed by atoms with Crippen molar-refractivity contribution < 1.29 is 17.9 Å². The number of carbonyl (C=O) groups excluding carboxylic acids is 1. The standard InChI is InChI=1S/C31H34ClN5O4S2/c1-43(39,40)24-6-4-5-23(21-24)29-9-10-30(42-29)28-22-26(33-37(28)27-8-3-2-7-25(27)32)31(38)36-15-13-34(14-16-36)11-12-35-17-19-41-20-18-35/h2-10,21-22H,11-20H2,1H3. The minimum Gasteiger partial charge on any atom is -0.379 e. The van der Waals surface area contributed by atoms with Gasteiger partial charge in [0.15, 0.2) is 15.5 Å². The van der Waals surface area contributed by atoms with Crippen molar-refractivity contribution in [2.24, 2.45) is 0 Å². The van der Waals surface area contributed by atoms with E-state index in [4.69, 9.17) is 21.4 Å². The van der Waals surface area contributed by atoms with Crippen LogP contribution >= 0.6 is 22.9 Å². The van der Waals surface area contributed by atoms with Gasteiger partial charge in [-0.05, 0) is 48.0 Å². The van der Waals surface area contributed by atoms with Crippen LogP contribution in [0.1, 0.15) is 10.5 Å². The third kappa shape index (κ3) is 6.87. The van der Waals surface area contributed by atoms with Crippen molar-refractivity contribution in [3.05, 3.63) is 77.4 Å². The third-order valence-corrected chi connectivity index (χ3v) is 10.5. The molecule has 0 spiro atoms. The molecule has 2 aliphatic rings. The monoisotopic (exact) mass is 639 g/mol. The highest BCUT2D eigenvalue weighted by molar-refractivity contribution is 7.90. The fourth-order valence-electron chi connectivity index (χ4n) is 5.42. The molecule has 2 aromatic heterocycles. The van der Waals surface area contributed by atoms with Crippen LogP contribution in [0.15, 0.2) is 71.6 Å². The van der Waals surface area contributed by atoms with Gasteiger partial charge in [-0.3, -0.25) is 14.6 Å². The minimum absolute atomic E-state index is 0.0995. The van der Waals surface area contributed by atoms with Gasteiger partial charge in [0.2, 0.25) is 0 Å². The van der Waals surface area contributed by atoms with Crippen LogP contribution in [0.2, 0.25) is 5.02 Å². The Morgan fingerprint density at radius 3 is 2.30 bits per heavy atom. The zero-order chi connectivity index (χ0) is 30.0. The van der Waals surface area contributed by atoms with Gasteiger partial charge in [0.05, 0.1) is 39.4 Å². The van der Waals surface area contributed by atoms with E-state index in [1.165, 1.54) is 17.6 Å². The normalized spacial score (nSPS) is 16.9. The average Bonchev–Trinajstić information content (AvgIpc) is 3.69. The summed E-state index contributed by atoms with van der Waals surface area (Å²) in [6, 6.07) is 20.1. The second-order valence-corrected chi connectivity index (χ2v) is 14.3. The van der Waals surface area contributed by atoms with Gasteiger partial charge in [-0.15, -0.1) is 11.3 Å². The number of rotatable bonds is 8. The van der Waals surface area contributed by atoms with E-state index in [9.17, 15) is 13.2 Å². The topological polar surface area (TPSA) is 88.0 Å². The number of halogens is 1. The Balaban J connectivity index is 1.23. The largest absolute Gasteiger partial charge is 0.379 e. The Morgan fingerprint density at radius 1 is 0.884 bits per heavy atom. The molecule has 1 amide bonds. The number of morpholine rings is 1. The lowest BCUT2D eigenvalue weighted by molar-refractivity contribution is 0.0293. The van der Waals surface area contributed by atoms with Crippen molar-refractivity contribution in [2.75, 3.05) is 71.8 Å². The molecule has 9 nitrogen and oxygen atoms in total. The summed E-state index contributed by atoms with van der Waals surface area (Å²) < 4.78 is 31.4. The minimum atomic E-state index is -3.33. The van der Waals surface area contributed by atoms with Gasteiger partial charge < -0.3 is 9.64 Å². The lowest BCUT2D eigenvalue weighted by Gasteiger charge is -2.36. The molecule has 0 N–H and O–H groups in total. The molecule has 2 saturated heterocycles. The molecule has 226 valence electrons. The lowest BCUT2D eigenvalue weighted by atomic mass is 10.2. The number of sulfone groups is 1. The predicted molar refractivity (Wildman–Crippen MR) is 170 cm³/mol. The van der Waals surface area contributed by atoms with Crippen molar-refractivity contribution in [1.82, 2.24) is 24.5 Å². The second kappa shape index (κ2) is 12.9. The molecule has 0 atom stereocenters. The Labute approximate surface area is 261 Å². The second-order valence-electron chi connectivity index (χ2n) is 10.8. The van der Waals surface area contributed by atoms with Crippen molar-refractivity contribution in [2.45, 2.75) is 4.90 Å². The Morgan fingerprint density at radius 2 is 1.58 bits per heavy atom. The first-order valence-corrected chi connectivity index (χ1v) is 17.4. The summed E-state index contributed by atoms with van der Waals surface area (Å²) in [7, 11) is -3.33. The number of ether oxygens (including phenoxy) is 1. The number of amides is 1. The molecule has 0 saturated carbocycles. The summed E-state index contributed by atoms with van der Waals surface area (Å²) >= 11 is 8.10. The van der Waals surface area contributed by atoms with Crippen LogP contribution in [0.5, 0.6) is 0 Å². The highest BCUT2D eigenvalue weighted by Gasteiger charge is 2.27. The number of benzene rings is 2. The Hall–Kier alpha value is -3.06. The summed E-state index contributed by atoms with van der Waals surface area (Å²) in [6.07, 6.45) is 1.21. The number of thiophene rings is 1. The first-order valence-electron chi connectivity index (χ1n) is 14.3. The number of carbonyl (C=O) groups is 1. The zero-order valence-electron chi connectivity index (χ0n) is 24.0. The van der Waals surface area contributed by atoms with E-state index >= 15 is 0 Å². The number of piperazine rings is 1. The molecule has 12 heteroatoms. The van der Waals surface area contributed by atoms with E-state index < -0.39 is 9.84 Å². The summed E-state index contributed by atoms with van der Waals surface area (Å²) in [5.41, 5.74) is 2.60. The van der Waals surface area contributed by atoms with Crippen LogP contribution in [0.25, 0.3) is 26.7 Å². The molecular formula is C31H34ClN5O4S2. The predicted octanol–water partition coefficient (Wildman–Crippen LogP) is 4.41. The van der Waals surface area contributed by atoms with Crippen molar-refractivity contribution in [3.8, 4) is 26.7 Å². The molecule has 4 heterocycles. The quantitative estimate of drug-likeness (QED) is 0.282. The number of nitrogens with zero attached hydrogens (tertiary/aromatic N) is 5.